The Kier molecular flexibility index (Phi) is 5.55. The van der Waals surface area contributed by atoms with E-state index in [0.717, 1.165) is 5.69 Å². The van der Waals surface area contributed by atoms with Crippen LogP contribution >= 0.6 is 11.8 Å². The van der Waals surface area contributed by atoms with Gasteiger partial charge in [-0.2, -0.15) is 0 Å². The van der Waals surface area contributed by atoms with Crippen molar-refractivity contribution < 1.29 is 15.0 Å². The van der Waals surface area contributed by atoms with E-state index >= 15 is 0 Å². The number of carboxylic acid groups (broad SMARTS) is 1. The summed E-state index contributed by atoms with van der Waals surface area (Å²) in [4.78, 5) is 10.8. The van der Waals surface area contributed by atoms with Gasteiger partial charge < -0.3 is 10.2 Å². The van der Waals surface area contributed by atoms with Gasteiger partial charge in [0.25, 0.3) is 6.47 Å². The van der Waals surface area contributed by atoms with Gasteiger partial charge in [-0.25, -0.2) is 0 Å². The third-order valence-corrected chi connectivity index (χ3v) is 1.19. The highest BCUT2D eigenvalue weighted by Gasteiger charge is 1.86. The summed E-state index contributed by atoms with van der Waals surface area (Å²) in [5, 5.41) is 15.7. The van der Waals surface area contributed by atoms with E-state index in [1.54, 1.807) is 24.3 Å². The number of aromatic hydroxyl groups is 1. The number of carbonyl (C=O) groups is 1. The molecule has 0 atom stereocenters. The van der Waals surface area contributed by atoms with E-state index in [2.05, 4.69) is 4.84 Å². The molecule has 0 aliphatic carbocycles. The molecule has 1 aromatic carbocycles. The molecule has 1 rings (SSSR count). The summed E-state index contributed by atoms with van der Waals surface area (Å²) in [5.74, 6) is 0.241. The van der Waals surface area contributed by atoms with Gasteiger partial charge >= 0.3 is 0 Å². The number of phenolic OH excluding ortho intramolecular Hbond substituents is 1. The van der Waals surface area contributed by atoms with E-state index in [0.29, 0.717) is 0 Å². The molecule has 0 saturated carbocycles. The van der Waals surface area contributed by atoms with E-state index in [1.165, 1.54) is 0 Å². The van der Waals surface area contributed by atoms with E-state index < -0.39 is 0 Å². The lowest BCUT2D eigenvalue weighted by Crippen LogP contribution is -1.76. The van der Waals surface area contributed by atoms with Gasteiger partial charge in [-0.15, -0.1) is 0 Å². The molecule has 3 N–H and O–H groups in total. The van der Waals surface area contributed by atoms with Crippen LogP contribution in [0.1, 0.15) is 0 Å². The van der Waals surface area contributed by atoms with Crippen LogP contribution in [0.3, 0.4) is 0 Å². The van der Waals surface area contributed by atoms with Crippen molar-refractivity contribution in [3.8, 4) is 5.75 Å². The number of hydrogen-bond donors (Lipinski definition) is 3. The van der Waals surface area contributed by atoms with Crippen LogP contribution in [-0.4, -0.2) is 16.7 Å². The standard InChI is InChI=1S/C6H6ClNO.CH2O2/c7-8-5-1-3-6(9)4-2-5;2-1-3/h1-4,8-9H;1H,(H,2,3). The summed E-state index contributed by atoms with van der Waals surface area (Å²) in [6, 6.07) is 6.49. The molecule has 0 amide bonds. The topological polar surface area (TPSA) is 69.6 Å². The molecule has 0 aromatic heterocycles. The van der Waals surface area contributed by atoms with Gasteiger partial charge in [0.05, 0.1) is 0 Å². The normalized spacial score (nSPS) is 7.75. The third-order valence-electron chi connectivity index (χ3n) is 0.976. The molecular formula is C7H8ClNO3. The van der Waals surface area contributed by atoms with Crippen LogP contribution in [0.15, 0.2) is 24.3 Å². The van der Waals surface area contributed by atoms with Gasteiger partial charge in [0.15, 0.2) is 0 Å². The number of benzene rings is 1. The SMILES string of the molecule is O=CO.Oc1ccc(NCl)cc1. The summed E-state index contributed by atoms with van der Waals surface area (Å²) < 4.78 is 0. The molecule has 0 unspecified atom stereocenters. The molecule has 5 heteroatoms. The van der Waals surface area contributed by atoms with Crippen molar-refractivity contribution in [3.63, 3.8) is 0 Å². The Morgan fingerprint density at radius 1 is 1.33 bits per heavy atom. The number of rotatable bonds is 1. The minimum absolute atomic E-state index is 0.241. The van der Waals surface area contributed by atoms with Crippen LogP contribution < -0.4 is 4.84 Å². The fourth-order valence-corrected chi connectivity index (χ4v) is 0.650. The maximum absolute atomic E-state index is 8.78. The highest BCUT2D eigenvalue weighted by atomic mass is 35.5. The van der Waals surface area contributed by atoms with Crippen LogP contribution in [0.2, 0.25) is 0 Å². The second-order valence-corrected chi connectivity index (χ2v) is 1.94. The fourth-order valence-electron chi connectivity index (χ4n) is 0.524. The van der Waals surface area contributed by atoms with Crippen LogP contribution in [0.5, 0.6) is 5.75 Å². The van der Waals surface area contributed by atoms with Crippen LogP contribution in [-0.2, 0) is 4.79 Å². The van der Waals surface area contributed by atoms with Gasteiger partial charge in [-0.1, -0.05) is 0 Å². The quantitative estimate of drug-likeness (QED) is 0.357. The zero-order valence-electron chi connectivity index (χ0n) is 6.07. The molecule has 0 radical (unpaired) electrons. The van der Waals surface area contributed by atoms with Crippen molar-refractivity contribution in [2.24, 2.45) is 0 Å². The van der Waals surface area contributed by atoms with E-state index in [1.807, 2.05) is 0 Å². The first-order valence-electron chi connectivity index (χ1n) is 2.98. The minimum Gasteiger partial charge on any atom is -0.508 e. The Hall–Kier alpha value is -1.42. The maximum atomic E-state index is 8.78. The van der Waals surface area contributed by atoms with E-state index in [4.69, 9.17) is 26.8 Å². The second kappa shape index (κ2) is 6.30. The largest absolute Gasteiger partial charge is 0.508 e. The summed E-state index contributed by atoms with van der Waals surface area (Å²) >= 11 is 5.25. The number of nitrogens with one attached hydrogen (secondary N) is 1. The Labute approximate surface area is 74.5 Å². The lowest BCUT2D eigenvalue weighted by atomic mass is 10.3. The maximum Gasteiger partial charge on any atom is 0.290 e. The zero-order chi connectivity index (χ0) is 9.40. The fraction of sp³-hybridized carbons (Fsp3) is 0. The van der Waals surface area contributed by atoms with E-state index in [9.17, 15) is 0 Å². The van der Waals surface area contributed by atoms with E-state index in [-0.39, 0.29) is 12.2 Å². The van der Waals surface area contributed by atoms with Gasteiger partial charge in [0.1, 0.15) is 5.75 Å². The van der Waals surface area contributed by atoms with Crippen molar-refractivity contribution in [2.45, 2.75) is 0 Å². The molecule has 66 valence electrons. The first kappa shape index (κ1) is 10.6. The minimum atomic E-state index is -0.250. The van der Waals surface area contributed by atoms with Crippen molar-refractivity contribution in [1.82, 2.24) is 0 Å². The highest BCUT2D eigenvalue weighted by molar-refractivity contribution is 6.23. The molecule has 1 aromatic rings. The average Bonchev–Trinajstić information content (AvgIpc) is 2.07. The molecule has 12 heavy (non-hydrogen) atoms. The first-order valence-corrected chi connectivity index (χ1v) is 3.36. The summed E-state index contributed by atoms with van der Waals surface area (Å²) in [6.45, 7) is -0.250. The van der Waals surface area contributed by atoms with Gasteiger partial charge in [-0.3, -0.25) is 9.63 Å². The Balaban J connectivity index is 0.000000354. The molecule has 0 aliphatic heterocycles. The second-order valence-electron chi connectivity index (χ2n) is 1.75. The molecule has 0 aliphatic rings. The van der Waals surface area contributed by atoms with Crippen LogP contribution in [0.25, 0.3) is 0 Å². The molecule has 0 saturated heterocycles. The van der Waals surface area contributed by atoms with Crippen molar-refractivity contribution in [2.75, 3.05) is 4.84 Å². The lowest BCUT2D eigenvalue weighted by molar-refractivity contribution is -0.122. The van der Waals surface area contributed by atoms with Gasteiger partial charge in [-0.05, 0) is 24.3 Å². The first-order chi connectivity index (χ1) is 5.74. The van der Waals surface area contributed by atoms with Gasteiger partial charge in [0.2, 0.25) is 0 Å². The Morgan fingerprint density at radius 2 is 1.75 bits per heavy atom. The molecular weight excluding hydrogens is 182 g/mol. The molecule has 0 fully saturated rings. The monoisotopic (exact) mass is 189 g/mol. The summed E-state index contributed by atoms with van der Waals surface area (Å²) in [5.41, 5.74) is 0.773. The zero-order valence-corrected chi connectivity index (χ0v) is 6.82. The number of halogens is 1. The van der Waals surface area contributed by atoms with Crippen LogP contribution in [0, 0.1) is 0 Å². The van der Waals surface area contributed by atoms with Gasteiger partial charge in [0, 0.05) is 17.5 Å². The molecule has 0 bridgehead atoms. The Bertz CT molecular complexity index is 225. The third kappa shape index (κ3) is 4.40. The molecule has 4 nitrogen and oxygen atoms in total. The van der Waals surface area contributed by atoms with Crippen molar-refractivity contribution >= 4 is 23.9 Å². The van der Waals surface area contributed by atoms with Crippen molar-refractivity contribution in [1.29, 1.82) is 0 Å². The highest BCUT2D eigenvalue weighted by Crippen LogP contribution is 2.13. The molecule has 0 spiro atoms. The summed E-state index contributed by atoms with van der Waals surface area (Å²) in [7, 11) is 0. The smallest absolute Gasteiger partial charge is 0.290 e. The number of hydrogen-bond acceptors (Lipinski definition) is 3. The molecule has 0 heterocycles. The lowest BCUT2D eigenvalue weighted by Gasteiger charge is -1.94. The number of anilines is 1. The average molecular weight is 190 g/mol. The Morgan fingerprint density at radius 3 is 2.08 bits per heavy atom. The number of phenols is 1. The predicted octanol–water partition coefficient (Wildman–Crippen LogP) is 1.66. The van der Waals surface area contributed by atoms with Crippen LogP contribution in [0.4, 0.5) is 5.69 Å². The van der Waals surface area contributed by atoms with Crippen molar-refractivity contribution in [3.05, 3.63) is 24.3 Å². The predicted molar refractivity (Wildman–Crippen MR) is 46.3 cm³/mol. The summed E-state index contributed by atoms with van der Waals surface area (Å²) in [6.07, 6.45) is 0.